The van der Waals surface area contributed by atoms with Gasteiger partial charge in [-0.25, -0.2) is 0 Å². The fourth-order valence-electron chi connectivity index (χ4n) is 6.71. The van der Waals surface area contributed by atoms with Crippen LogP contribution in [0.5, 0.6) is 0 Å². The molecule has 2 heteroatoms. The highest BCUT2D eigenvalue weighted by Crippen LogP contribution is 2.46. The lowest BCUT2D eigenvalue weighted by molar-refractivity contribution is 0.673. The molecule has 0 saturated carbocycles. The van der Waals surface area contributed by atoms with E-state index in [1.54, 1.807) is 0 Å². The van der Waals surface area contributed by atoms with Crippen molar-refractivity contribution in [3.05, 3.63) is 152 Å². The molecule has 1 heterocycles. The van der Waals surface area contributed by atoms with E-state index in [-0.39, 0.29) is 0 Å². The highest BCUT2D eigenvalue weighted by atomic mass is 16.3. The summed E-state index contributed by atoms with van der Waals surface area (Å²) in [5.74, 6) is 0. The van der Waals surface area contributed by atoms with Crippen molar-refractivity contribution >= 4 is 82.1 Å². The molecular weight excluding hydrogens is 510 g/mol. The third-order valence-electron chi connectivity index (χ3n) is 8.61. The number of fused-ring (bicyclic) bond motifs is 10. The van der Waals surface area contributed by atoms with Gasteiger partial charge in [0.2, 0.25) is 0 Å². The van der Waals surface area contributed by atoms with Crippen molar-refractivity contribution in [2.24, 2.45) is 0 Å². The summed E-state index contributed by atoms with van der Waals surface area (Å²) in [7, 11) is 0. The van der Waals surface area contributed by atoms with Gasteiger partial charge in [-0.3, -0.25) is 0 Å². The predicted molar refractivity (Wildman–Crippen MR) is 178 cm³/mol. The van der Waals surface area contributed by atoms with E-state index in [9.17, 15) is 0 Å². The third kappa shape index (κ3) is 3.33. The number of furan rings is 1. The first-order chi connectivity index (χ1) is 20.8. The molecule has 1 aromatic heterocycles. The molecule has 0 spiro atoms. The number of para-hydroxylation sites is 2. The minimum atomic E-state index is 0.885. The quantitative estimate of drug-likeness (QED) is 0.209. The second-order valence-electron chi connectivity index (χ2n) is 10.9. The lowest BCUT2D eigenvalue weighted by Gasteiger charge is -2.27. The Labute approximate surface area is 242 Å². The Morgan fingerprint density at radius 3 is 1.76 bits per heavy atom. The van der Waals surface area contributed by atoms with Crippen LogP contribution >= 0.6 is 0 Å². The lowest BCUT2D eigenvalue weighted by atomic mass is 9.95. The van der Waals surface area contributed by atoms with E-state index in [0.717, 1.165) is 44.4 Å². The first-order valence-electron chi connectivity index (χ1n) is 14.4. The summed E-state index contributed by atoms with van der Waals surface area (Å²) in [5.41, 5.74) is 5.04. The second kappa shape index (κ2) is 8.95. The van der Waals surface area contributed by atoms with Gasteiger partial charge in [0.05, 0.1) is 11.4 Å². The summed E-state index contributed by atoms with van der Waals surface area (Å²) < 4.78 is 6.84. The van der Waals surface area contributed by atoms with E-state index in [0.29, 0.717) is 0 Å². The zero-order chi connectivity index (χ0) is 27.6. The molecule has 0 N–H and O–H groups in total. The van der Waals surface area contributed by atoms with Crippen LogP contribution in [0, 0.1) is 0 Å². The Hall–Kier alpha value is -5.60. The maximum Gasteiger partial charge on any atom is 0.159 e. The topological polar surface area (TPSA) is 16.4 Å². The zero-order valence-corrected chi connectivity index (χ0v) is 22.8. The second-order valence-corrected chi connectivity index (χ2v) is 10.9. The van der Waals surface area contributed by atoms with Crippen molar-refractivity contribution < 1.29 is 4.42 Å². The molecule has 0 aliphatic carbocycles. The summed E-state index contributed by atoms with van der Waals surface area (Å²) in [6, 6.07) is 54.3. The van der Waals surface area contributed by atoms with Gasteiger partial charge in [-0.2, -0.15) is 0 Å². The van der Waals surface area contributed by atoms with E-state index in [4.69, 9.17) is 4.42 Å². The van der Waals surface area contributed by atoms with Crippen LogP contribution in [0.4, 0.5) is 17.1 Å². The van der Waals surface area contributed by atoms with Crippen molar-refractivity contribution in [1.29, 1.82) is 0 Å². The van der Waals surface area contributed by atoms with E-state index < -0.39 is 0 Å². The van der Waals surface area contributed by atoms with Crippen molar-refractivity contribution in [1.82, 2.24) is 0 Å². The Morgan fingerprint density at radius 2 is 0.905 bits per heavy atom. The predicted octanol–water partition coefficient (Wildman–Crippen LogP) is 11.7. The summed E-state index contributed by atoms with van der Waals surface area (Å²) in [4.78, 5) is 2.36. The summed E-state index contributed by atoms with van der Waals surface area (Å²) in [5, 5.41) is 12.0. The fourth-order valence-corrected chi connectivity index (χ4v) is 6.71. The SMILES string of the molecule is c1ccc(N(c2cccc3c2oc2c4ccccc4ccc32)c2cccc3ccc4c5ccccc5ccc4c23)cc1. The molecular formula is C40H25NO. The van der Waals surface area contributed by atoms with Crippen LogP contribution in [-0.4, -0.2) is 0 Å². The first kappa shape index (κ1) is 23.1. The van der Waals surface area contributed by atoms with Crippen LogP contribution < -0.4 is 4.90 Å². The van der Waals surface area contributed by atoms with E-state index in [1.165, 1.54) is 37.7 Å². The van der Waals surface area contributed by atoms with Crippen LogP contribution in [0.25, 0.3) is 65.0 Å². The zero-order valence-electron chi connectivity index (χ0n) is 22.8. The smallest absolute Gasteiger partial charge is 0.159 e. The summed E-state index contributed by atoms with van der Waals surface area (Å²) in [6.45, 7) is 0. The first-order valence-corrected chi connectivity index (χ1v) is 14.4. The molecule has 196 valence electrons. The molecule has 9 aromatic rings. The Morgan fingerprint density at radius 1 is 0.333 bits per heavy atom. The maximum absolute atomic E-state index is 6.84. The molecule has 0 unspecified atom stereocenters. The summed E-state index contributed by atoms with van der Waals surface area (Å²) in [6.07, 6.45) is 0. The number of nitrogens with zero attached hydrogens (tertiary/aromatic N) is 1. The molecule has 2 nitrogen and oxygen atoms in total. The number of benzene rings is 8. The Balaban J connectivity index is 1.40. The van der Waals surface area contributed by atoms with Gasteiger partial charge in [-0.05, 0) is 62.6 Å². The van der Waals surface area contributed by atoms with Gasteiger partial charge in [0.25, 0.3) is 0 Å². The highest BCUT2D eigenvalue weighted by Gasteiger charge is 2.22. The van der Waals surface area contributed by atoms with E-state index in [2.05, 4.69) is 157 Å². The standard InChI is InChI=1S/C40H25NO/c1-2-13-29(14-3-1)41(37-19-9-17-34-35-25-21-27-11-5-7-16-31(27)39(35)42-40(34)37)36-18-8-12-28-22-23-32-30-15-6-4-10-26(30)20-24-33(32)38(28)36/h1-25H. The molecule has 8 aromatic carbocycles. The van der Waals surface area contributed by atoms with Crippen LogP contribution in [0.3, 0.4) is 0 Å². The molecule has 0 amide bonds. The van der Waals surface area contributed by atoms with Crippen molar-refractivity contribution in [3.8, 4) is 0 Å². The average Bonchev–Trinajstić information content (AvgIpc) is 3.45. The Kier molecular flexibility index (Phi) is 4.93. The van der Waals surface area contributed by atoms with Crippen molar-refractivity contribution in [2.75, 3.05) is 4.90 Å². The third-order valence-corrected chi connectivity index (χ3v) is 8.61. The van der Waals surface area contributed by atoms with Gasteiger partial charge in [0.15, 0.2) is 5.58 Å². The van der Waals surface area contributed by atoms with Crippen molar-refractivity contribution in [3.63, 3.8) is 0 Å². The van der Waals surface area contributed by atoms with Crippen LogP contribution in [-0.2, 0) is 0 Å². The lowest BCUT2D eigenvalue weighted by Crippen LogP contribution is -2.10. The molecule has 0 saturated heterocycles. The minimum Gasteiger partial charge on any atom is -0.453 e. The molecule has 0 atom stereocenters. The van der Waals surface area contributed by atoms with Crippen LogP contribution in [0.15, 0.2) is 156 Å². The Bertz CT molecular complexity index is 2470. The largest absolute Gasteiger partial charge is 0.453 e. The normalized spacial score (nSPS) is 11.8. The molecule has 0 aliphatic heterocycles. The molecule has 0 bridgehead atoms. The molecule has 0 fully saturated rings. The van der Waals surface area contributed by atoms with E-state index >= 15 is 0 Å². The van der Waals surface area contributed by atoms with Gasteiger partial charge in [0, 0.05) is 27.2 Å². The monoisotopic (exact) mass is 535 g/mol. The average molecular weight is 536 g/mol. The fraction of sp³-hybridized carbons (Fsp3) is 0. The number of hydrogen-bond acceptors (Lipinski definition) is 2. The summed E-state index contributed by atoms with van der Waals surface area (Å²) >= 11 is 0. The molecule has 9 rings (SSSR count). The van der Waals surface area contributed by atoms with Gasteiger partial charge in [0.1, 0.15) is 5.58 Å². The minimum absolute atomic E-state index is 0.885. The van der Waals surface area contributed by atoms with Crippen LogP contribution in [0.2, 0.25) is 0 Å². The van der Waals surface area contributed by atoms with Crippen molar-refractivity contribution in [2.45, 2.75) is 0 Å². The van der Waals surface area contributed by atoms with Crippen LogP contribution in [0.1, 0.15) is 0 Å². The molecule has 0 aliphatic rings. The number of hydrogen-bond donors (Lipinski definition) is 0. The van der Waals surface area contributed by atoms with E-state index in [1.807, 2.05) is 0 Å². The number of anilines is 3. The van der Waals surface area contributed by atoms with Gasteiger partial charge in [-0.15, -0.1) is 0 Å². The van der Waals surface area contributed by atoms with Gasteiger partial charge >= 0.3 is 0 Å². The van der Waals surface area contributed by atoms with Gasteiger partial charge < -0.3 is 9.32 Å². The number of rotatable bonds is 3. The molecule has 0 radical (unpaired) electrons. The molecule has 42 heavy (non-hydrogen) atoms. The maximum atomic E-state index is 6.84. The highest BCUT2D eigenvalue weighted by molar-refractivity contribution is 6.22. The van der Waals surface area contributed by atoms with Gasteiger partial charge in [-0.1, -0.05) is 121 Å².